The van der Waals surface area contributed by atoms with Gasteiger partial charge in [-0.1, -0.05) is 32.3 Å². The summed E-state index contributed by atoms with van der Waals surface area (Å²) in [5.41, 5.74) is 0.325. The Bertz CT molecular complexity index is 470. The van der Waals surface area contributed by atoms with Gasteiger partial charge in [-0.3, -0.25) is 0 Å². The molecule has 0 aliphatic carbocycles. The highest BCUT2D eigenvalue weighted by Crippen LogP contribution is 2.32. The van der Waals surface area contributed by atoms with Gasteiger partial charge >= 0.3 is 5.97 Å². The molecule has 0 aliphatic heterocycles. The van der Waals surface area contributed by atoms with Crippen molar-refractivity contribution in [3.8, 4) is 11.5 Å². The molecule has 124 valence electrons. The second kappa shape index (κ2) is 10.1. The van der Waals surface area contributed by atoms with Gasteiger partial charge in [-0.2, -0.15) is 0 Å². The summed E-state index contributed by atoms with van der Waals surface area (Å²) in [6.45, 7) is 3.62. The van der Waals surface area contributed by atoms with E-state index in [0.717, 1.165) is 25.9 Å². The second-order valence-corrected chi connectivity index (χ2v) is 5.40. The van der Waals surface area contributed by atoms with Crippen LogP contribution in [-0.4, -0.2) is 34.5 Å². The third-order valence-corrected chi connectivity index (χ3v) is 3.58. The van der Waals surface area contributed by atoms with Crippen LogP contribution >= 0.6 is 0 Å². The lowest BCUT2D eigenvalue weighted by atomic mass is 10.0. The number of rotatable bonds is 11. The molecule has 22 heavy (non-hydrogen) atoms. The van der Waals surface area contributed by atoms with Crippen LogP contribution in [0.25, 0.3) is 0 Å². The minimum absolute atomic E-state index is 0.208. The molecule has 5 heteroatoms. The Balaban J connectivity index is 2.31. The Labute approximate surface area is 131 Å². The van der Waals surface area contributed by atoms with Crippen molar-refractivity contribution < 1.29 is 24.9 Å². The quantitative estimate of drug-likeness (QED) is 0.428. The summed E-state index contributed by atoms with van der Waals surface area (Å²) in [7, 11) is 0. The molecule has 1 aromatic rings. The number of unbranched alkanes of at least 4 members (excludes halogenated alkanes) is 4. The molecule has 0 aliphatic rings. The average Bonchev–Trinajstić information content (AvgIpc) is 2.48. The Kier molecular flexibility index (Phi) is 8.36. The van der Waals surface area contributed by atoms with Crippen molar-refractivity contribution in [1.82, 2.24) is 0 Å². The molecular formula is C17H26O5. The molecule has 0 saturated heterocycles. The Hall–Kier alpha value is -1.75. The Morgan fingerprint density at radius 1 is 1.05 bits per heavy atom. The number of phenols is 2. The predicted octanol–water partition coefficient (Wildman–Crippen LogP) is 3.72. The molecular weight excluding hydrogens is 284 g/mol. The summed E-state index contributed by atoms with van der Waals surface area (Å²) in [5, 5.41) is 28.1. The molecule has 0 saturated carbocycles. The molecule has 0 bridgehead atoms. The minimum atomic E-state index is -1.23. The summed E-state index contributed by atoms with van der Waals surface area (Å²) in [6.07, 6.45) is 6.90. The number of benzene rings is 1. The van der Waals surface area contributed by atoms with E-state index in [4.69, 9.17) is 9.84 Å². The second-order valence-electron chi connectivity index (χ2n) is 5.40. The van der Waals surface area contributed by atoms with Gasteiger partial charge in [0.1, 0.15) is 5.56 Å². The van der Waals surface area contributed by atoms with Gasteiger partial charge in [-0.25, -0.2) is 4.79 Å². The van der Waals surface area contributed by atoms with Gasteiger partial charge in [0.25, 0.3) is 0 Å². The molecule has 0 aromatic heterocycles. The maximum Gasteiger partial charge on any atom is 0.339 e. The maximum absolute atomic E-state index is 11.2. The molecule has 0 heterocycles. The Morgan fingerprint density at radius 2 is 1.73 bits per heavy atom. The van der Waals surface area contributed by atoms with E-state index in [2.05, 4.69) is 6.92 Å². The van der Waals surface area contributed by atoms with Crippen LogP contribution in [0.5, 0.6) is 11.5 Å². The van der Waals surface area contributed by atoms with Gasteiger partial charge in [0.15, 0.2) is 11.5 Å². The first kappa shape index (κ1) is 18.3. The normalized spacial score (nSPS) is 10.8. The van der Waals surface area contributed by atoms with Crippen molar-refractivity contribution >= 4 is 5.97 Å². The third kappa shape index (κ3) is 5.93. The largest absolute Gasteiger partial charge is 0.504 e. The average molecular weight is 310 g/mol. The van der Waals surface area contributed by atoms with Crippen molar-refractivity contribution in [2.24, 2.45) is 0 Å². The molecule has 0 amide bonds. The van der Waals surface area contributed by atoms with Crippen molar-refractivity contribution in [3.63, 3.8) is 0 Å². The minimum Gasteiger partial charge on any atom is -0.504 e. The lowest BCUT2D eigenvalue weighted by molar-refractivity contribution is 0.0691. The summed E-state index contributed by atoms with van der Waals surface area (Å²) in [6, 6.07) is 2.87. The van der Waals surface area contributed by atoms with E-state index >= 15 is 0 Å². The SMILES string of the molecule is CCCCCCOCCCCc1ccc(O)c(O)c1C(=O)O. The highest BCUT2D eigenvalue weighted by atomic mass is 16.5. The molecule has 0 fully saturated rings. The lowest BCUT2D eigenvalue weighted by Crippen LogP contribution is -2.04. The topological polar surface area (TPSA) is 87.0 Å². The van der Waals surface area contributed by atoms with Gasteiger partial charge in [0, 0.05) is 13.2 Å². The van der Waals surface area contributed by atoms with Crippen LogP contribution in [0.2, 0.25) is 0 Å². The van der Waals surface area contributed by atoms with Crippen LogP contribution in [0.1, 0.15) is 61.4 Å². The molecule has 1 aromatic carbocycles. The van der Waals surface area contributed by atoms with E-state index in [1.807, 2.05) is 0 Å². The fourth-order valence-electron chi connectivity index (χ4n) is 2.32. The van der Waals surface area contributed by atoms with Gasteiger partial charge in [0.2, 0.25) is 0 Å². The number of carboxylic acid groups (broad SMARTS) is 1. The van der Waals surface area contributed by atoms with Crippen LogP contribution in [0.4, 0.5) is 0 Å². The van der Waals surface area contributed by atoms with Gasteiger partial charge in [0.05, 0.1) is 0 Å². The van der Waals surface area contributed by atoms with Gasteiger partial charge < -0.3 is 20.1 Å². The van der Waals surface area contributed by atoms with Crippen LogP contribution in [0, 0.1) is 0 Å². The summed E-state index contributed by atoms with van der Waals surface area (Å²) >= 11 is 0. The number of ether oxygens (including phenoxy) is 1. The lowest BCUT2D eigenvalue weighted by Gasteiger charge is -2.09. The number of aromatic carboxylic acids is 1. The zero-order valence-electron chi connectivity index (χ0n) is 13.2. The summed E-state index contributed by atoms with van der Waals surface area (Å²) < 4.78 is 5.53. The maximum atomic E-state index is 11.2. The van der Waals surface area contributed by atoms with Crippen LogP contribution < -0.4 is 0 Å². The van der Waals surface area contributed by atoms with E-state index in [1.54, 1.807) is 6.07 Å². The fraction of sp³-hybridized carbons (Fsp3) is 0.588. The predicted molar refractivity (Wildman–Crippen MR) is 84.6 cm³/mol. The zero-order valence-corrected chi connectivity index (χ0v) is 13.2. The van der Waals surface area contributed by atoms with Crippen molar-refractivity contribution in [2.45, 2.75) is 51.9 Å². The number of aromatic hydroxyl groups is 2. The van der Waals surface area contributed by atoms with E-state index in [0.29, 0.717) is 18.6 Å². The number of phenolic OH excluding ortho intramolecular Hbond substituents is 1. The van der Waals surface area contributed by atoms with E-state index < -0.39 is 17.5 Å². The van der Waals surface area contributed by atoms with Crippen LogP contribution in [-0.2, 0) is 11.2 Å². The molecule has 5 nitrogen and oxygen atoms in total. The standard InChI is InChI=1S/C17H26O5/c1-2-3-4-6-11-22-12-7-5-8-13-9-10-14(18)16(19)15(13)17(20)21/h9-10,18-19H,2-8,11-12H2,1H3,(H,20,21). The molecule has 3 N–H and O–H groups in total. The van der Waals surface area contributed by atoms with Crippen LogP contribution in [0.15, 0.2) is 12.1 Å². The Morgan fingerprint density at radius 3 is 2.36 bits per heavy atom. The molecule has 0 unspecified atom stereocenters. The number of carbonyl (C=O) groups is 1. The van der Waals surface area contributed by atoms with Crippen molar-refractivity contribution in [3.05, 3.63) is 23.3 Å². The fourth-order valence-corrected chi connectivity index (χ4v) is 2.32. The van der Waals surface area contributed by atoms with Crippen LogP contribution in [0.3, 0.4) is 0 Å². The molecule has 0 spiro atoms. The molecule has 0 radical (unpaired) electrons. The van der Waals surface area contributed by atoms with Crippen molar-refractivity contribution in [2.75, 3.05) is 13.2 Å². The smallest absolute Gasteiger partial charge is 0.339 e. The molecule has 0 atom stereocenters. The third-order valence-electron chi connectivity index (χ3n) is 3.58. The van der Waals surface area contributed by atoms with E-state index in [1.165, 1.54) is 25.3 Å². The molecule has 1 rings (SSSR count). The summed E-state index contributed by atoms with van der Waals surface area (Å²) in [5.74, 6) is -2.19. The number of hydrogen-bond acceptors (Lipinski definition) is 4. The van der Waals surface area contributed by atoms with E-state index in [9.17, 15) is 15.0 Å². The number of aryl methyl sites for hydroxylation is 1. The first-order valence-corrected chi connectivity index (χ1v) is 7.92. The van der Waals surface area contributed by atoms with Gasteiger partial charge in [-0.15, -0.1) is 0 Å². The van der Waals surface area contributed by atoms with E-state index in [-0.39, 0.29) is 5.56 Å². The first-order valence-electron chi connectivity index (χ1n) is 7.92. The number of carboxylic acids is 1. The number of hydrogen-bond donors (Lipinski definition) is 3. The highest BCUT2D eigenvalue weighted by Gasteiger charge is 2.18. The highest BCUT2D eigenvalue weighted by molar-refractivity contribution is 5.93. The van der Waals surface area contributed by atoms with Gasteiger partial charge in [-0.05, 0) is 37.3 Å². The monoisotopic (exact) mass is 310 g/mol. The zero-order chi connectivity index (χ0) is 16.4. The van der Waals surface area contributed by atoms with Crippen molar-refractivity contribution in [1.29, 1.82) is 0 Å². The first-order chi connectivity index (χ1) is 10.6. The summed E-state index contributed by atoms with van der Waals surface area (Å²) in [4.78, 5) is 11.2.